The Morgan fingerprint density at radius 3 is 2.41 bits per heavy atom. The molecule has 0 fully saturated rings. The van der Waals surface area contributed by atoms with Crippen LogP contribution < -0.4 is 5.32 Å². The zero-order valence-corrected chi connectivity index (χ0v) is 15.2. The molecule has 3 rings (SSSR count). The molecule has 1 atom stereocenters. The highest BCUT2D eigenvalue weighted by Crippen LogP contribution is 2.31. The molecule has 0 aliphatic rings. The van der Waals surface area contributed by atoms with Crippen LogP contribution in [-0.2, 0) is 22.1 Å². The maximum absolute atomic E-state index is 13.2. The summed E-state index contributed by atoms with van der Waals surface area (Å²) >= 11 is 0. The molecule has 1 aromatic heterocycles. The van der Waals surface area contributed by atoms with E-state index < -0.39 is 35.2 Å². The van der Waals surface area contributed by atoms with Crippen molar-refractivity contribution in [1.29, 1.82) is 0 Å². The van der Waals surface area contributed by atoms with Crippen LogP contribution in [0.15, 0.2) is 54.7 Å². The van der Waals surface area contributed by atoms with Gasteiger partial charge in [0.1, 0.15) is 6.04 Å². The lowest BCUT2D eigenvalue weighted by Gasteiger charge is -2.18. The Morgan fingerprint density at radius 2 is 1.72 bits per heavy atom. The van der Waals surface area contributed by atoms with Crippen LogP contribution in [-0.4, -0.2) is 35.0 Å². The fraction of sp³-hybridized carbons (Fsp3) is 0.200. The number of halogens is 3. The summed E-state index contributed by atoms with van der Waals surface area (Å²) in [5.74, 6) is -1.85. The van der Waals surface area contributed by atoms with Gasteiger partial charge in [0.15, 0.2) is 0 Å². The van der Waals surface area contributed by atoms with E-state index >= 15 is 0 Å². The first-order chi connectivity index (χ1) is 13.8. The lowest BCUT2D eigenvalue weighted by Crippen LogP contribution is -2.43. The first-order valence-electron chi connectivity index (χ1n) is 8.55. The summed E-state index contributed by atoms with van der Waals surface area (Å²) < 4.78 is 44.2. The van der Waals surface area contributed by atoms with E-state index in [1.54, 1.807) is 24.3 Å². The Hall–Kier alpha value is -3.49. The number of alkyl halides is 3. The fourth-order valence-corrected chi connectivity index (χ4v) is 2.80. The second-order valence-electron chi connectivity index (χ2n) is 6.15. The van der Waals surface area contributed by atoms with E-state index in [0.29, 0.717) is 16.7 Å². The molecule has 0 saturated heterocycles. The minimum absolute atomic E-state index is 0.0928. The van der Waals surface area contributed by atoms with Crippen molar-refractivity contribution in [2.24, 2.45) is 0 Å². The van der Waals surface area contributed by atoms with Crippen LogP contribution in [0.1, 0.15) is 21.6 Å². The number of hydrogen-bond acceptors (Lipinski definition) is 5. The van der Waals surface area contributed by atoms with Crippen LogP contribution in [0.25, 0.3) is 11.0 Å². The van der Waals surface area contributed by atoms with E-state index in [9.17, 15) is 22.8 Å². The van der Waals surface area contributed by atoms with Gasteiger partial charge in [-0.25, -0.2) is 9.78 Å². The van der Waals surface area contributed by atoms with Crippen LogP contribution in [0, 0.1) is 0 Å². The molecule has 29 heavy (non-hydrogen) atoms. The van der Waals surface area contributed by atoms with Crippen LogP contribution >= 0.6 is 0 Å². The topological polar surface area (TPSA) is 81.2 Å². The third-order valence-corrected chi connectivity index (χ3v) is 4.18. The molecule has 0 aliphatic heterocycles. The number of rotatable bonds is 5. The molecule has 0 aliphatic carbocycles. The SMILES string of the molecule is COC(=O)[C@@H](Cc1cnc2ccccc2n1)NC(=O)c1ccccc1C(F)(F)F. The van der Waals surface area contributed by atoms with Crippen LogP contribution in [0.4, 0.5) is 13.2 Å². The number of methoxy groups -OCH3 is 1. The number of esters is 1. The number of benzene rings is 2. The van der Waals surface area contributed by atoms with Gasteiger partial charge in [-0.2, -0.15) is 13.2 Å². The first kappa shape index (κ1) is 20.2. The molecule has 1 amide bonds. The molecule has 0 spiro atoms. The highest BCUT2D eigenvalue weighted by Gasteiger charge is 2.35. The van der Waals surface area contributed by atoms with E-state index in [0.717, 1.165) is 19.2 Å². The molecule has 150 valence electrons. The summed E-state index contributed by atoms with van der Waals surface area (Å²) in [5, 5.41) is 2.31. The maximum Gasteiger partial charge on any atom is 0.417 e. The average Bonchev–Trinajstić information content (AvgIpc) is 2.72. The molecule has 2 aromatic carbocycles. The minimum atomic E-state index is -4.71. The van der Waals surface area contributed by atoms with E-state index in [-0.39, 0.29) is 6.42 Å². The van der Waals surface area contributed by atoms with E-state index in [1.807, 2.05) is 0 Å². The predicted octanol–water partition coefficient (Wildman–Crippen LogP) is 3.16. The number of amides is 1. The number of hydrogen-bond donors (Lipinski definition) is 1. The summed E-state index contributed by atoms with van der Waals surface area (Å²) in [4.78, 5) is 33.2. The van der Waals surface area contributed by atoms with Crippen molar-refractivity contribution in [3.8, 4) is 0 Å². The van der Waals surface area contributed by atoms with Gasteiger partial charge < -0.3 is 10.1 Å². The molecule has 0 radical (unpaired) electrons. The zero-order chi connectivity index (χ0) is 21.0. The number of carbonyl (C=O) groups excluding carboxylic acids is 2. The van der Waals surface area contributed by atoms with Gasteiger partial charge in [-0.05, 0) is 24.3 Å². The largest absolute Gasteiger partial charge is 0.467 e. The standard InChI is InChI=1S/C20H16F3N3O3/c1-29-19(28)17(10-12-11-24-15-8-4-5-9-16(15)25-12)26-18(27)13-6-2-3-7-14(13)20(21,22)23/h2-9,11,17H,10H2,1H3,(H,26,27)/t17-/m1/s1. The first-order valence-corrected chi connectivity index (χ1v) is 8.55. The normalized spacial score (nSPS) is 12.4. The summed E-state index contributed by atoms with van der Waals surface area (Å²) in [6.07, 6.45) is -3.36. The Labute approximate surface area is 163 Å². The quantitative estimate of drug-likeness (QED) is 0.662. The van der Waals surface area contributed by atoms with Gasteiger partial charge in [0.2, 0.25) is 0 Å². The lowest BCUT2D eigenvalue weighted by molar-refractivity contribution is -0.142. The van der Waals surface area contributed by atoms with Crippen molar-refractivity contribution in [2.45, 2.75) is 18.6 Å². The molecule has 9 heteroatoms. The maximum atomic E-state index is 13.2. The number of nitrogens with zero attached hydrogens (tertiary/aromatic N) is 2. The third-order valence-electron chi connectivity index (χ3n) is 4.18. The fourth-order valence-electron chi connectivity index (χ4n) is 2.80. The van der Waals surface area contributed by atoms with Crippen LogP contribution in [0.2, 0.25) is 0 Å². The molecule has 1 N–H and O–H groups in total. The van der Waals surface area contributed by atoms with Gasteiger partial charge in [-0.15, -0.1) is 0 Å². The molecule has 0 saturated carbocycles. The van der Waals surface area contributed by atoms with Gasteiger partial charge in [0.05, 0.1) is 35.0 Å². The van der Waals surface area contributed by atoms with Crippen LogP contribution in [0.3, 0.4) is 0 Å². The molecule has 6 nitrogen and oxygen atoms in total. The van der Waals surface area contributed by atoms with Crippen molar-refractivity contribution < 1.29 is 27.5 Å². The van der Waals surface area contributed by atoms with E-state index in [2.05, 4.69) is 20.0 Å². The number of carbonyl (C=O) groups is 2. The smallest absolute Gasteiger partial charge is 0.417 e. The number of para-hydroxylation sites is 2. The molecular weight excluding hydrogens is 387 g/mol. The second-order valence-corrected chi connectivity index (χ2v) is 6.15. The molecule has 1 heterocycles. The molecule has 0 bridgehead atoms. The van der Waals surface area contributed by atoms with E-state index in [1.165, 1.54) is 18.3 Å². The Kier molecular flexibility index (Phi) is 5.76. The van der Waals surface area contributed by atoms with Crippen LogP contribution in [0.5, 0.6) is 0 Å². The number of nitrogens with one attached hydrogen (secondary N) is 1. The van der Waals surface area contributed by atoms with Crippen molar-refractivity contribution in [3.63, 3.8) is 0 Å². The summed E-state index contributed by atoms with van der Waals surface area (Å²) in [6, 6.07) is 10.2. The predicted molar refractivity (Wildman–Crippen MR) is 98.0 cm³/mol. The van der Waals surface area contributed by atoms with Gasteiger partial charge in [-0.3, -0.25) is 9.78 Å². The van der Waals surface area contributed by atoms with Gasteiger partial charge in [0.25, 0.3) is 5.91 Å². The Morgan fingerprint density at radius 1 is 1.07 bits per heavy atom. The lowest BCUT2D eigenvalue weighted by atomic mass is 10.1. The second kappa shape index (κ2) is 8.26. The van der Waals surface area contributed by atoms with Gasteiger partial charge in [0, 0.05) is 12.6 Å². The highest BCUT2D eigenvalue weighted by atomic mass is 19.4. The Balaban J connectivity index is 1.86. The summed E-state index contributed by atoms with van der Waals surface area (Å²) in [5.41, 5.74) is -0.0648. The van der Waals surface area contributed by atoms with Crippen molar-refractivity contribution in [2.75, 3.05) is 7.11 Å². The summed E-state index contributed by atoms with van der Waals surface area (Å²) in [6.45, 7) is 0. The zero-order valence-electron chi connectivity index (χ0n) is 15.2. The number of aromatic nitrogens is 2. The monoisotopic (exact) mass is 403 g/mol. The minimum Gasteiger partial charge on any atom is -0.467 e. The number of ether oxygens (including phenoxy) is 1. The molecule has 0 unspecified atom stereocenters. The number of fused-ring (bicyclic) bond motifs is 1. The summed E-state index contributed by atoms with van der Waals surface area (Å²) in [7, 11) is 1.12. The highest BCUT2D eigenvalue weighted by molar-refractivity contribution is 5.98. The van der Waals surface area contributed by atoms with Crippen molar-refractivity contribution in [1.82, 2.24) is 15.3 Å². The van der Waals surface area contributed by atoms with E-state index in [4.69, 9.17) is 0 Å². The van der Waals surface area contributed by atoms with Gasteiger partial charge in [-0.1, -0.05) is 24.3 Å². The van der Waals surface area contributed by atoms with Crippen molar-refractivity contribution in [3.05, 3.63) is 71.5 Å². The molecular formula is C20H16F3N3O3. The average molecular weight is 403 g/mol. The molecule has 3 aromatic rings. The third kappa shape index (κ3) is 4.68. The van der Waals surface area contributed by atoms with Gasteiger partial charge >= 0.3 is 12.1 Å². The Bertz CT molecular complexity index is 1050. The van der Waals surface area contributed by atoms with Crippen molar-refractivity contribution >= 4 is 22.9 Å².